The fourth-order valence-electron chi connectivity index (χ4n) is 1.62. The van der Waals surface area contributed by atoms with Crippen molar-refractivity contribution in [1.82, 2.24) is 20.2 Å². The Morgan fingerprint density at radius 2 is 1.83 bits per heavy atom. The third-order valence-electron chi connectivity index (χ3n) is 2.52. The average Bonchev–Trinajstić information content (AvgIpc) is 2.90. The highest BCUT2D eigenvalue weighted by atomic mass is 79.9. The van der Waals surface area contributed by atoms with E-state index in [1.54, 1.807) is 12.4 Å². The van der Waals surface area contributed by atoms with Gasteiger partial charge in [-0.3, -0.25) is 10.1 Å². The van der Waals surface area contributed by atoms with E-state index in [1.807, 2.05) is 36.4 Å². The van der Waals surface area contributed by atoms with Crippen molar-refractivity contribution in [2.75, 3.05) is 0 Å². The van der Waals surface area contributed by atoms with Crippen molar-refractivity contribution in [2.45, 2.75) is 0 Å². The maximum Gasteiger partial charge on any atom is 0.183 e. The molecular weight excluding hydrogens is 292 g/mol. The van der Waals surface area contributed by atoms with Gasteiger partial charge in [-0.15, -0.1) is 0 Å². The highest BCUT2D eigenvalue weighted by molar-refractivity contribution is 9.10. The second-order valence-corrected chi connectivity index (χ2v) is 4.67. The Labute approximate surface area is 112 Å². The quantitative estimate of drug-likeness (QED) is 0.790. The van der Waals surface area contributed by atoms with Crippen LogP contribution in [-0.4, -0.2) is 20.2 Å². The van der Waals surface area contributed by atoms with Gasteiger partial charge in [0.2, 0.25) is 0 Å². The van der Waals surface area contributed by atoms with Gasteiger partial charge in [-0.25, -0.2) is 4.98 Å². The molecule has 2 heterocycles. The van der Waals surface area contributed by atoms with Gasteiger partial charge in [0.25, 0.3) is 0 Å². The van der Waals surface area contributed by atoms with E-state index < -0.39 is 0 Å². The molecule has 5 heteroatoms. The smallest absolute Gasteiger partial charge is 0.183 e. The fourth-order valence-corrected chi connectivity index (χ4v) is 1.89. The van der Waals surface area contributed by atoms with Gasteiger partial charge in [0.1, 0.15) is 0 Å². The topological polar surface area (TPSA) is 54.5 Å². The van der Waals surface area contributed by atoms with Gasteiger partial charge in [0.05, 0.1) is 0 Å². The molecule has 3 aromatic rings. The highest BCUT2D eigenvalue weighted by Crippen LogP contribution is 2.20. The molecule has 0 aliphatic rings. The molecule has 0 spiro atoms. The molecule has 1 aromatic carbocycles. The van der Waals surface area contributed by atoms with Crippen molar-refractivity contribution in [2.24, 2.45) is 0 Å². The van der Waals surface area contributed by atoms with E-state index in [0.717, 1.165) is 21.4 Å². The number of benzene rings is 1. The first-order valence-corrected chi connectivity index (χ1v) is 6.21. The van der Waals surface area contributed by atoms with E-state index in [2.05, 4.69) is 36.1 Å². The van der Waals surface area contributed by atoms with Crippen LogP contribution in [0.15, 0.2) is 53.3 Å². The Morgan fingerprint density at radius 3 is 2.56 bits per heavy atom. The Bertz CT molecular complexity index is 646. The van der Waals surface area contributed by atoms with Crippen LogP contribution < -0.4 is 0 Å². The zero-order valence-corrected chi connectivity index (χ0v) is 10.9. The summed E-state index contributed by atoms with van der Waals surface area (Å²) in [7, 11) is 0. The molecule has 0 radical (unpaired) electrons. The SMILES string of the molecule is Brc1ccc(-c2nc(-c3cccnc3)n[nH]2)cc1. The van der Waals surface area contributed by atoms with Gasteiger partial charge in [0.15, 0.2) is 11.6 Å². The number of rotatable bonds is 2. The minimum absolute atomic E-state index is 0.654. The molecule has 4 nitrogen and oxygen atoms in total. The van der Waals surface area contributed by atoms with Gasteiger partial charge in [0, 0.05) is 28.0 Å². The number of halogens is 1. The van der Waals surface area contributed by atoms with E-state index in [1.165, 1.54) is 0 Å². The zero-order chi connectivity index (χ0) is 12.4. The molecule has 0 aliphatic carbocycles. The van der Waals surface area contributed by atoms with E-state index in [0.29, 0.717) is 5.82 Å². The molecule has 0 saturated carbocycles. The second kappa shape index (κ2) is 4.70. The molecule has 88 valence electrons. The largest absolute Gasteiger partial charge is 0.264 e. The highest BCUT2D eigenvalue weighted by Gasteiger charge is 2.07. The van der Waals surface area contributed by atoms with E-state index in [9.17, 15) is 0 Å². The molecule has 0 fully saturated rings. The van der Waals surface area contributed by atoms with Crippen molar-refractivity contribution in [3.63, 3.8) is 0 Å². The minimum Gasteiger partial charge on any atom is -0.264 e. The number of hydrogen-bond acceptors (Lipinski definition) is 3. The van der Waals surface area contributed by atoms with Crippen molar-refractivity contribution < 1.29 is 0 Å². The Kier molecular flexibility index (Phi) is 2.90. The summed E-state index contributed by atoms with van der Waals surface area (Å²) in [5.74, 6) is 1.40. The van der Waals surface area contributed by atoms with Crippen LogP contribution in [0.25, 0.3) is 22.8 Å². The summed E-state index contributed by atoms with van der Waals surface area (Å²) in [4.78, 5) is 8.51. The average molecular weight is 301 g/mol. The number of aromatic amines is 1. The summed E-state index contributed by atoms with van der Waals surface area (Å²) in [5, 5.41) is 7.13. The van der Waals surface area contributed by atoms with Gasteiger partial charge >= 0.3 is 0 Å². The Balaban J connectivity index is 1.97. The number of nitrogens with one attached hydrogen (secondary N) is 1. The first-order valence-electron chi connectivity index (χ1n) is 5.42. The second-order valence-electron chi connectivity index (χ2n) is 3.76. The molecular formula is C13H9BrN4. The molecule has 3 rings (SSSR count). The summed E-state index contributed by atoms with van der Waals surface area (Å²) in [5.41, 5.74) is 1.90. The van der Waals surface area contributed by atoms with Crippen molar-refractivity contribution >= 4 is 15.9 Å². The molecule has 1 N–H and O–H groups in total. The minimum atomic E-state index is 0.654. The number of pyridine rings is 1. The van der Waals surface area contributed by atoms with Gasteiger partial charge in [-0.1, -0.05) is 28.1 Å². The lowest BCUT2D eigenvalue weighted by Gasteiger charge is -1.95. The number of nitrogens with zero attached hydrogens (tertiary/aromatic N) is 3. The maximum atomic E-state index is 4.46. The van der Waals surface area contributed by atoms with Crippen LogP contribution in [0, 0.1) is 0 Å². The molecule has 0 aliphatic heterocycles. The van der Waals surface area contributed by atoms with Crippen molar-refractivity contribution in [3.8, 4) is 22.8 Å². The lowest BCUT2D eigenvalue weighted by atomic mass is 10.2. The van der Waals surface area contributed by atoms with Crippen molar-refractivity contribution in [1.29, 1.82) is 0 Å². The molecule has 0 unspecified atom stereocenters. The number of H-pyrrole nitrogens is 1. The monoisotopic (exact) mass is 300 g/mol. The fraction of sp³-hybridized carbons (Fsp3) is 0. The molecule has 0 saturated heterocycles. The molecule has 18 heavy (non-hydrogen) atoms. The third kappa shape index (κ3) is 2.17. The van der Waals surface area contributed by atoms with E-state index in [-0.39, 0.29) is 0 Å². The van der Waals surface area contributed by atoms with Gasteiger partial charge in [-0.05, 0) is 24.3 Å². The van der Waals surface area contributed by atoms with Crippen LogP contribution in [0.5, 0.6) is 0 Å². The maximum absolute atomic E-state index is 4.46. The lowest BCUT2D eigenvalue weighted by molar-refractivity contribution is 1.10. The van der Waals surface area contributed by atoms with Crippen LogP contribution in [0.1, 0.15) is 0 Å². The van der Waals surface area contributed by atoms with Gasteiger partial charge < -0.3 is 0 Å². The summed E-state index contributed by atoms with van der Waals surface area (Å²) < 4.78 is 1.04. The van der Waals surface area contributed by atoms with Crippen LogP contribution in [0.3, 0.4) is 0 Å². The predicted molar refractivity (Wildman–Crippen MR) is 72.7 cm³/mol. The van der Waals surface area contributed by atoms with Crippen LogP contribution in [0.2, 0.25) is 0 Å². The third-order valence-corrected chi connectivity index (χ3v) is 3.05. The summed E-state index contributed by atoms with van der Waals surface area (Å²) in [6.07, 6.45) is 3.47. The normalized spacial score (nSPS) is 10.5. The van der Waals surface area contributed by atoms with Crippen LogP contribution in [-0.2, 0) is 0 Å². The van der Waals surface area contributed by atoms with Crippen LogP contribution >= 0.6 is 15.9 Å². The van der Waals surface area contributed by atoms with Gasteiger partial charge in [-0.2, -0.15) is 5.10 Å². The Morgan fingerprint density at radius 1 is 1.00 bits per heavy atom. The lowest BCUT2D eigenvalue weighted by Crippen LogP contribution is -1.82. The van der Waals surface area contributed by atoms with Crippen molar-refractivity contribution in [3.05, 3.63) is 53.3 Å². The number of aromatic nitrogens is 4. The molecule has 0 bridgehead atoms. The molecule has 0 atom stereocenters. The summed E-state index contributed by atoms with van der Waals surface area (Å²) in [6.45, 7) is 0. The Hall–Kier alpha value is -2.01. The zero-order valence-electron chi connectivity index (χ0n) is 9.34. The summed E-state index contributed by atoms with van der Waals surface area (Å²) in [6, 6.07) is 11.7. The summed E-state index contributed by atoms with van der Waals surface area (Å²) >= 11 is 3.41. The van der Waals surface area contributed by atoms with E-state index in [4.69, 9.17) is 0 Å². The first-order chi connectivity index (χ1) is 8.83. The van der Waals surface area contributed by atoms with Crippen LogP contribution in [0.4, 0.5) is 0 Å². The molecule has 2 aromatic heterocycles. The number of hydrogen-bond donors (Lipinski definition) is 1. The molecule has 0 amide bonds. The predicted octanol–water partition coefficient (Wildman–Crippen LogP) is 3.30. The first kappa shape index (κ1) is 11.1. The standard InChI is InChI=1S/C13H9BrN4/c14-11-5-3-9(4-6-11)12-16-13(18-17-12)10-2-1-7-15-8-10/h1-8H,(H,16,17,18). The van der Waals surface area contributed by atoms with E-state index >= 15 is 0 Å².